The molecule has 10 nitrogen and oxygen atoms in total. The van der Waals surface area contributed by atoms with Crippen molar-refractivity contribution in [2.24, 2.45) is 0 Å². The number of ether oxygens (including phenoxy) is 6. The molecular weight excluding hydrogens is 712 g/mol. The summed E-state index contributed by atoms with van der Waals surface area (Å²) >= 11 is 0. The summed E-state index contributed by atoms with van der Waals surface area (Å²) in [6, 6.07) is 33.4. The van der Waals surface area contributed by atoms with Crippen LogP contribution in [0.25, 0.3) is 12.2 Å². The van der Waals surface area contributed by atoms with E-state index in [4.69, 9.17) is 28.4 Å². The van der Waals surface area contributed by atoms with E-state index in [1.165, 1.54) is 12.2 Å². The van der Waals surface area contributed by atoms with Crippen LogP contribution in [0.1, 0.15) is 56.3 Å². The highest BCUT2D eigenvalue weighted by Crippen LogP contribution is 2.60. The molecule has 278 valence electrons. The fraction of sp³-hybridized carbons (Fsp3) is 0.0870. The first-order valence-electron chi connectivity index (χ1n) is 17.5. The molecule has 10 heteroatoms. The zero-order valence-corrected chi connectivity index (χ0v) is 29.9. The second-order valence-corrected chi connectivity index (χ2v) is 12.5. The fourth-order valence-electron chi connectivity index (χ4n) is 6.79. The van der Waals surface area contributed by atoms with Crippen LogP contribution in [0.5, 0.6) is 23.0 Å². The first kappa shape index (κ1) is 36.9. The summed E-state index contributed by atoms with van der Waals surface area (Å²) in [6.07, 6.45) is 8.02. The Labute approximate surface area is 322 Å². The third-order valence-corrected chi connectivity index (χ3v) is 9.21. The summed E-state index contributed by atoms with van der Waals surface area (Å²) in [5.41, 5.74) is 7.31. The SMILES string of the molecule is C=CC(=O)OCOc1ccc(/C=C/C(=O)Oc2ccc(OC(=O)/C=C/c3ccc(OCOC(=O)C=C)cc3)c3c2C2c4ccccc4C3c3ccccc32)cc1. The highest BCUT2D eigenvalue weighted by Gasteiger charge is 2.45. The van der Waals surface area contributed by atoms with Crippen LogP contribution in [0.4, 0.5) is 0 Å². The van der Waals surface area contributed by atoms with E-state index in [9.17, 15) is 19.2 Å². The Morgan fingerprint density at radius 1 is 0.482 bits per heavy atom. The lowest BCUT2D eigenvalue weighted by molar-refractivity contribution is -0.145. The summed E-state index contributed by atoms with van der Waals surface area (Å²) in [5.74, 6) is -1.22. The Morgan fingerprint density at radius 2 is 0.839 bits per heavy atom. The third-order valence-electron chi connectivity index (χ3n) is 9.21. The van der Waals surface area contributed by atoms with Crippen LogP contribution >= 0.6 is 0 Å². The molecule has 0 atom stereocenters. The molecular formula is C46H34O10. The summed E-state index contributed by atoms with van der Waals surface area (Å²) in [4.78, 5) is 49.2. The van der Waals surface area contributed by atoms with Crippen molar-refractivity contribution in [2.45, 2.75) is 11.8 Å². The average molecular weight is 747 g/mol. The van der Waals surface area contributed by atoms with Gasteiger partial charge in [-0.2, -0.15) is 0 Å². The lowest BCUT2D eigenvalue weighted by atomic mass is 9.60. The second-order valence-electron chi connectivity index (χ2n) is 12.5. The molecule has 0 spiro atoms. The number of benzene rings is 5. The Balaban J connectivity index is 1.12. The maximum Gasteiger partial charge on any atom is 0.336 e. The zero-order valence-electron chi connectivity index (χ0n) is 29.9. The van der Waals surface area contributed by atoms with Crippen molar-refractivity contribution < 1.29 is 47.6 Å². The van der Waals surface area contributed by atoms with Gasteiger partial charge in [0.25, 0.3) is 0 Å². The van der Waals surface area contributed by atoms with Gasteiger partial charge in [-0.05, 0) is 81.9 Å². The van der Waals surface area contributed by atoms with Crippen LogP contribution in [0.15, 0.2) is 147 Å². The first-order valence-corrected chi connectivity index (χ1v) is 17.5. The van der Waals surface area contributed by atoms with Gasteiger partial charge in [0.1, 0.15) is 23.0 Å². The zero-order chi connectivity index (χ0) is 39.0. The Kier molecular flexibility index (Phi) is 11.0. The van der Waals surface area contributed by atoms with Gasteiger partial charge in [0.05, 0.1) is 0 Å². The molecule has 8 rings (SSSR count). The monoisotopic (exact) mass is 746 g/mol. The van der Waals surface area contributed by atoms with Crippen LogP contribution in [0.3, 0.4) is 0 Å². The molecule has 0 aromatic heterocycles. The number of carbonyl (C=O) groups excluding carboxylic acids is 4. The van der Waals surface area contributed by atoms with Crippen molar-refractivity contribution in [3.63, 3.8) is 0 Å². The smallest absolute Gasteiger partial charge is 0.336 e. The molecule has 56 heavy (non-hydrogen) atoms. The first-order chi connectivity index (χ1) is 27.3. The van der Waals surface area contributed by atoms with Crippen molar-refractivity contribution in [3.8, 4) is 23.0 Å². The number of rotatable bonds is 14. The predicted octanol–water partition coefficient (Wildman–Crippen LogP) is 8.04. The lowest BCUT2D eigenvalue weighted by Gasteiger charge is -2.43. The van der Waals surface area contributed by atoms with E-state index < -0.39 is 23.9 Å². The molecule has 0 saturated carbocycles. The van der Waals surface area contributed by atoms with Crippen LogP contribution in [-0.2, 0) is 28.7 Å². The van der Waals surface area contributed by atoms with Gasteiger partial charge < -0.3 is 28.4 Å². The third kappa shape index (κ3) is 8.04. The largest absolute Gasteiger partial charge is 0.457 e. The van der Waals surface area contributed by atoms with E-state index in [2.05, 4.69) is 37.4 Å². The van der Waals surface area contributed by atoms with Gasteiger partial charge >= 0.3 is 23.9 Å². The summed E-state index contributed by atoms with van der Waals surface area (Å²) < 4.78 is 32.5. The van der Waals surface area contributed by atoms with Gasteiger partial charge in [0.15, 0.2) is 0 Å². The lowest BCUT2D eigenvalue weighted by Crippen LogP contribution is -2.29. The van der Waals surface area contributed by atoms with E-state index in [0.29, 0.717) is 34.1 Å². The molecule has 0 unspecified atom stereocenters. The predicted molar refractivity (Wildman–Crippen MR) is 207 cm³/mol. The van der Waals surface area contributed by atoms with Gasteiger partial charge in [0.2, 0.25) is 13.6 Å². The minimum absolute atomic E-state index is 0.257. The molecule has 2 bridgehead atoms. The van der Waals surface area contributed by atoms with Crippen molar-refractivity contribution in [1.82, 2.24) is 0 Å². The minimum Gasteiger partial charge on any atom is -0.457 e. The number of hydrogen-bond acceptors (Lipinski definition) is 10. The van der Waals surface area contributed by atoms with Crippen LogP contribution in [-0.4, -0.2) is 37.5 Å². The quantitative estimate of drug-likeness (QED) is 0.0468. The van der Waals surface area contributed by atoms with Gasteiger partial charge in [-0.25, -0.2) is 19.2 Å². The Bertz CT molecular complexity index is 2170. The van der Waals surface area contributed by atoms with Crippen molar-refractivity contribution in [3.05, 3.63) is 191 Å². The van der Waals surface area contributed by atoms with Crippen LogP contribution in [0.2, 0.25) is 0 Å². The van der Waals surface area contributed by atoms with Crippen LogP contribution in [0, 0.1) is 0 Å². The van der Waals surface area contributed by atoms with Crippen molar-refractivity contribution in [2.75, 3.05) is 13.6 Å². The molecule has 3 aliphatic rings. The number of hydrogen-bond donors (Lipinski definition) is 0. The normalized spacial score (nSPS) is 14.5. The molecule has 0 saturated heterocycles. The summed E-state index contributed by atoms with van der Waals surface area (Å²) in [6.45, 7) is 6.17. The van der Waals surface area contributed by atoms with E-state index in [1.807, 2.05) is 24.3 Å². The number of carbonyl (C=O) groups is 4. The van der Waals surface area contributed by atoms with E-state index in [0.717, 1.165) is 45.5 Å². The van der Waals surface area contributed by atoms with Crippen molar-refractivity contribution in [1.29, 1.82) is 0 Å². The Morgan fingerprint density at radius 3 is 1.18 bits per heavy atom. The maximum absolute atomic E-state index is 13.3. The average Bonchev–Trinajstić information content (AvgIpc) is 3.23. The fourth-order valence-corrected chi connectivity index (χ4v) is 6.79. The molecule has 5 aromatic rings. The molecule has 0 aliphatic heterocycles. The maximum atomic E-state index is 13.3. The molecule has 0 amide bonds. The molecule has 0 N–H and O–H groups in total. The molecule has 0 fully saturated rings. The van der Waals surface area contributed by atoms with Gasteiger partial charge in [-0.3, -0.25) is 0 Å². The highest BCUT2D eigenvalue weighted by molar-refractivity contribution is 5.91. The highest BCUT2D eigenvalue weighted by atomic mass is 16.7. The van der Waals surface area contributed by atoms with Gasteiger partial charge in [-0.15, -0.1) is 0 Å². The van der Waals surface area contributed by atoms with E-state index >= 15 is 0 Å². The summed E-state index contributed by atoms with van der Waals surface area (Å²) in [5, 5.41) is 0. The number of esters is 4. The second kappa shape index (κ2) is 16.7. The van der Waals surface area contributed by atoms with Crippen molar-refractivity contribution >= 4 is 36.0 Å². The van der Waals surface area contributed by atoms with Crippen LogP contribution < -0.4 is 18.9 Å². The molecule has 0 heterocycles. The molecule has 3 aliphatic carbocycles. The summed E-state index contributed by atoms with van der Waals surface area (Å²) in [7, 11) is 0. The van der Waals surface area contributed by atoms with E-state index in [1.54, 1.807) is 72.8 Å². The standard InChI is InChI=1S/C46H34O10/c1-3-39(47)53-27-51-31-19-13-29(14-20-31)17-25-41(49)55-37-23-24-38(56-42(50)26-18-30-15-21-32(22-16-30)52-28-54-40(48)4-2)46-44-35-11-7-5-9-33(35)43(45(37)46)34-10-6-8-12-36(34)44/h3-26,43-44H,1-2,27-28H2/b25-17+,26-18+. The van der Waals surface area contributed by atoms with Gasteiger partial charge in [0, 0.05) is 47.3 Å². The van der Waals surface area contributed by atoms with E-state index in [-0.39, 0.29) is 25.4 Å². The minimum atomic E-state index is -0.589. The molecule has 5 aromatic carbocycles. The Hall–Kier alpha value is -7.46. The van der Waals surface area contributed by atoms with Gasteiger partial charge in [-0.1, -0.05) is 86.0 Å². The molecule has 0 radical (unpaired) electrons. The topological polar surface area (TPSA) is 124 Å².